The van der Waals surface area contributed by atoms with E-state index in [9.17, 15) is 5.11 Å². The van der Waals surface area contributed by atoms with Crippen LogP contribution >= 0.6 is 0 Å². The van der Waals surface area contributed by atoms with Crippen LogP contribution in [-0.2, 0) is 17.8 Å². The number of hydrogen-bond acceptors (Lipinski definition) is 4. The summed E-state index contributed by atoms with van der Waals surface area (Å²) >= 11 is 0. The number of aliphatic imine (C=N–C) groups is 1. The standard InChI is InChI=1S/C24H42N4O2/c1-5-25-24(27-16-22(9-11-29)13-19(2)3)26-15-21-7-6-8-23(14-21)18-28-10-12-30-20(4)17-28/h6-8,14,19-20,22,29H,5,9-13,15-18H2,1-4H3,(H2,25,26,27). The van der Waals surface area contributed by atoms with E-state index in [-0.39, 0.29) is 6.61 Å². The van der Waals surface area contributed by atoms with Crippen LogP contribution in [0.1, 0.15) is 51.7 Å². The highest BCUT2D eigenvalue weighted by molar-refractivity contribution is 5.79. The Morgan fingerprint density at radius 2 is 2.10 bits per heavy atom. The highest BCUT2D eigenvalue weighted by Crippen LogP contribution is 2.15. The van der Waals surface area contributed by atoms with Crippen LogP contribution in [0.2, 0.25) is 0 Å². The lowest BCUT2D eigenvalue weighted by Gasteiger charge is -2.31. The Hall–Kier alpha value is -1.63. The largest absolute Gasteiger partial charge is 0.396 e. The first-order valence-corrected chi connectivity index (χ1v) is 11.5. The molecule has 0 saturated carbocycles. The monoisotopic (exact) mass is 418 g/mol. The lowest BCUT2D eigenvalue weighted by atomic mass is 9.94. The van der Waals surface area contributed by atoms with Gasteiger partial charge < -0.3 is 20.5 Å². The molecule has 1 fully saturated rings. The zero-order chi connectivity index (χ0) is 21.8. The van der Waals surface area contributed by atoms with Crippen molar-refractivity contribution in [2.45, 2.75) is 59.7 Å². The summed E-state index contributed by atoms with van der Waals surface area (Å²) in [6.07, 6.45) is 2.24. The smallest absolute Gasteiger partial charge is 0.191 e. The van der Waals surface area contributed by atoms with Gasteiger partial charge in [-0.1, -0.05) is 38.1 Å². The highest BCUT2D eigenvalue weighted by atomic mass is 16.5. The topological polar surface area (TPSA) is 69.1 Å². The zero-order valence-electron chi connectivity index (χ0n) is 19.4. The first kappa shape index (κ1) is 24.6. The van der Waals surface area contributed by atoms with Crippen molar-refractivity contribution in [1.29, 1.82) is 0 Å². The number of benzene rings is 1. The van der Waals surface area contributed by atoms with Gasteiger partial charge in [-0.2, -0.15) is 0 Å². The summed E-state index contributed by atoms with van der Waals surface area (Å²) in [7, 11) is 0. The van der Waals surface area contributed by atoms with Crippen molar-refractivity contribution in [1.82, 2.24) is 15.5 Å². The fraction of sp³-hybridized carbons (Fsp3) is 0.708. The first-order valence-electron chi connectivity index (χ1n) is 11.5. The fourth-order valence-electron chi connectivity index (χ4n) is 4.02. The third-order valence-corrected chi connectivity index (χ3v) is 5.39. The summed E-state index contributed by atoms with van der Waals surface area (Å²) in [5.41, 5.74) is 2.55. The molecule has 1 saturated heterocycles. The Bertz CT molecular complexity index is 635. The molecular formula is C24H42N4O2. The molecule has 1 heterocycles. The summed E-state index contributed by atoms with van der Waals surface area (Å²) in [5, 5.41) is 16.2. The van der Waals surface area contributed by atoms with Crippen LogP contribution in [0.5, 0.6) is 0 Å². The van der Waals surface area contributed by atoms with Crippen molar-refractivity contribution in [3.63, 3.8) is 0 Å². The molecule has 0 spiro atoms. The second-order valence-corrected chi connectivity index (χ2v) is 8.82. The Balaban J connectivity index is 1.93. The summed E-state index contributed by atoms with van der Waals surface area (Å²) in [6.45, 7) is 15.0. The van der Waals surface area contributed by atoms with Gasteiger partial charge in [0, 0.05) is 39.3 Å². The van der Waals surface area contributed by atoms with Crippen molar-refractivity contribution in [3.8, 4) is 0 Å². The average molecular weight is 419 g/mol. The van der Waals surface area contributed by atoms with Gasteiger partial charge in [-0.3, -0.25) is 4.90 Å². The van der Waals surface area contributed by atoms with E-state index >= 15 is 0 Å². The number of nitrogens with one attached hydrogen (secondary N) is 2. The van der Waals surface area contributed by atoms with Crippen LogP contribution in [0, 0.1) is 11.8 Å². The second-order valence-electron chi connectivity index (χ2n) is 8.82. The minimum Gasteiger partial charge on any atom is -0.396 e. The summed E-state index contributed by atoms with van der Waals surface area (Å²) < 4.78 is 5.65. The SMILES string of the molecule is CCNC(=NCc1cccc(CN2CCOC(C)C2)c1)NCC(CCO)CC(C)C. The Labute approximate surface area is 183 Å². The van der Waals surface area contributed by atoms with Crippen LogP contribution in [-0.4, -0.2) is 61.5 Å². The molecule has 1 aliphatic heterocycles. The molecule has 2 rings (SSSR count). The molecule has 1 aromatic carbocycles. The zero-order valence-corrected chi connectivity index (χ0v) is 19.4. The highest BCUT2D eigenvalue weighted by Gasteiger charge is 2.16. The average Bonchev–Trinajstić information content (AvgIpc) is 2.70. The predicted octanol–water partition coefficient (Wildman–Crippen LogP) is 3.01. The van der Waals surface area contributed by atoms with Crippen molar-refractivity contribution < 1.29 is 9.84 Å². The van der Waals surface area contributed by atoms with Gasteiger partial charge >= 0.3 is 0 Å². The molecule has 3 N–H and O–H groups in total. The van der Waals surface area contributed by atoms with Gasteiger partial charge in [0.1, 0.15) is 0 Å². The Morgan fingerprint density at radius 3 is 2.80 bits per heavy atom. The van der Waals surface area contributed by atoms with Crippen LogP contribution in [0.3, 0.4) is 0 Å². The van der Waals surface area contributed by atoms with Crippen LogP contribution < -0.4 is 10.6 Å². The van der Waals surface area contributed by atoms with E-state index in [4.69, 9.17) is 9.73 Å². The molecule has 1 aromatic rings. The maximum Gasteiger partial charge on any atom is 0.191 e. The molecule has 30 heavy (non-hydrogen) atoms. The van der Waals surface area contributed by atoms with Crippen LogP contribution in [0.15, 0.2) is 29.3 Å². The molecule has 2 atom stereocenters. The molecule has 0 bridgehead atoms. The van der Waals surface area contributed by atoms with Crippen LogP contribution in [0.4, 0.5) is 0 Å². The van der Waals surface area contributed by atoms with Crippen LogP contribution in [0.25, 0.3) is 0 Å². The second kappa shape index (κ2) is 13.6. The quantitative estimate of drug-likeness (QED) is 0.381. The molecule has 0 aromatic heterocycles. The van der Waals surface area contributed by atoms with E-state index in [0.717, 1.165) is 58.1 Å². The molecule has 1 aliphatic rings. The van der Waals surface area contributed by atoms with Gasteiger partial charge in [-0.25, -0.2) is 4.99 Å². The number of rotatable bonds is 11. The maximum atomic E-state index is 9.34. The number of aliphatic hydroxyl groups is 1. The lowest BCUT2D eigenvalue weighted by molar-refractivity contribution is -0.0212. The summed E-state index contributed by atoms with van der Waals surface area (Å²) in [6, 6.07) is 8.74. The Morgan fingerprint density at radius 1 is 1.30 bits per heavy atom. The number of hydrogen-bond donors (Lipinski definition) is 3. The molecular weight excluding hydrogens is 376 g/mol. The van der Waals surface area contributed by atoms with E-state index in [0.29, 0.717) is 24.5 Å². The molecule has 2 unspecified atom stereocenters. The number of nitrogens with zero attached hydrogens (tertiary/aromatic N) is 2. The van der Waals surface area contributed by atoms with Crippen molar-refractivity contribution in [3.05, 3.63) is 35.4 Å². The van der Waals surface area contributed by atoms with E-state index < -0.39 is 0 Å². The first-order chi connectivity index (χ1) is 14.5. The molecule has 6 nitrogen and oxygen atoms in total. The molecule has 170 valence electrons. The molecule has 0 aliphatic carbocycles. The Kier molecular flexibility index (Phi) is 11.2. The number of guanidine groups is 1. The minimum atomic E-state index is 0.238. The third kappa shape index (κ3) is 9.45. The maximum absolute atomic E-state index is 9.34. The van der Waals surface area contributed by atoms with Crippen molar-refractivity contribution >= 4 is 5.96 Å². The number of ether oxygens (including phenoxy) is 1. The lowest BCUT2D eigenvalue weighted by Crippen LogP contribution is -2.40. The van der Waals surface area contributed by atoms with E-state index in [1.807, 2.05) is 0 Å². The minimum absolute atomic E-state index is 0.238. The van der Waals surface area contributed by atoms with Gasteiger partial charge in [0.25, 0.3) is 0 Å². The molecule has 0 amide bonds. The molecule has 6 heteroatoms. The normalized spacial score (nSPS) is 19.1. The van der Waals surface area contributed by atoms with E-state index in [1.165, 1.54) is 11.1 Å². The fourth-order valence-corrected chi connectivity index (χ4v) is 4.02. The van der Waals surface area contributed by atoms with Gasteiger partial charge in [0.15, 0.2) is 5.96 Å². The van der Waals surface area contributed by atoms with Crippen molar-refractivity contribution in [2.24, 2.45) is 16.8 Å². The van der Waals surface area contributed by atoms with E-state index in [1.54, 1.807) is 0 Å². The van der Waals surface area contributed by atoms with Gasteiger partial charge in [-0.15, -0.1) is 0 Å². The summed E-state index contributed by atoms with van der Waals surface area (Å²) in [4.78, 5) is 7.25. The van der Waals surface area contributed by atoms with Gasteiger partial charge in [-0.05, 0) is 49.7 Å². The predicted molar refractivity (Wildman–Crippen MR) is 125 cm³/mol. The van der Waals surface area contributed by atoms with Gasteiger partial charge in [0.05, 0.1) is 19.3 Å². The number of aliphatic hydroxyl groups excluding tert-OH is 1. The third-order valence-electron chi connectivity index (χ3n) is 5.39. The van der Waals surface area contributed by atoms with E-state index in [2.05, 4.69) is 67.5 Å². The van der Waals surface area contributed by atoms with Crippen molar-refractivity contribution in [2.75, 3.05) is 39.4 Å². The summed E-state index contributed by atoms with van der Waals surface area (Å²) in [5.74, 6) is 1.93. The number of morpholine rings is 1. The van der Waals surface area contributed by atoms with Gasteiger partial charge in [0.2, 0.25) is 0 Å². The molecule has 0 radical (unpaired) electrons.